The molecular weight excluding hydrogens is 302 g/mol. The van der Waals surface area contributed by atoms with Crippen LogP contribution < -0.4 is 5.32 Å². The van der Waals surface area contributed by atoms with Gasteiger partial charge in [0.25, 0.3) is 0 Å². The van der Waals surface area contributed by atoms with Crippen LogP contribution in [0.3, 0.4) is 0 Å². The van der Waals surface area contributed by atoms with Crippen LogP contribution in [0.15, 0.2) is 5.38 Å². The van der Waals surface area contributed by atoms with Gasteiger partial charge < -0.3 is 14.8 Å². The first-order chi connectivity index (χ1) is 10.8. The molecule has 0 aliphatic carbocycles. The van der Waals surface area contributed by atoms with Gasteiger partial charge in [0.05, 0.1) is 38.0 Å². The number of ether oxygens (including phenoxy) is 2. The number of aromatic nitrogens is 1. The molecule has 2 fully saturated rings. The van der Waals surface area contributed by atoms with Gasteiger partial charge in [0, 0.05) is 31.6 Å². The van der Waals surface area contributed by atoms with Crippen LogP contribution in [0.4, 0.5) is 0 Å². The Morgan fingerprint density at radius 1 is 1.41 bits per heavy atom. The number of hydrogen-bond acceptors (Lipinski definition) is 6. The van der Waals surface area contributed by atoms with Gasteiger partial charge in [0.15, 0.2) is 0 Å². The molecule has 1 unspecified atom stereocenters. The van der Waals surface area contributed by atoms with Gasteiger partial charge in [-0.25, -0.2) is 4.98 Å². The molecule has 2 aliphatic rings. The van der Waals surface area contributed by atoms with E-state index >= 15 is 0 Å². The van der Waals surface area contributed by atoms with Crippen molar-refractivity contribution >= 4 is 17.2 Å². The summed E-state index contributed by atoms with van der Waals surface area (Å²) in [5.74, 6) is 0.0266. The van der Waals surface area contributed by atoms with Crippen LogP contribution in [0.2, 0.25) is 0 Å². The Hall–Kier alpha value is -1.02. The summed E-state index contributed by atoms with van der Waals surface area (Å²) in [7, 11) is 0. The van der Waals surface area contributed by atoms with Gasteiger partial charge in [-0.2, -0.15) is 0 Å². The van der Waals surface area contributed by atoms with Crippen molar-refractivity contribution in [1.82, 2.24) is 15.2 Å². The van der Waals surface area contributed by atoms with Crippen molar-refractivity contribution < 1.29 is 14.3 Å². The molecule has 1 aromatic heterocycles. The smallest absolute Gasteiger partial charge is 0.226 e. The molecule has 22 heavy (non-hydrogen) atoms. The summed E-state index contributed by atoms with van der Waals surface area (Å²) < 4.78 is 10.8. The molecule has 2 aliphatic heterocycles. The summed E-state index contributed by atoms with van der Waals surface area (Å²) >= 11 is 1.63. The van der Waals surface area contributed by atoms with Gasteiger partial charge in [-0.05, 0) is 12.8 Å². The quantitative estimate of drug-likeness (QED) is 0.839. The highest BCUT2D eigenvalue weighted by molar-refractivity contribution is 7.09. The van der Waals surface area contributed by atoms with Gasteiger partial charge in [0.2, 0.25) is 5.91 Å². The average molecular weight is 325 g/mol. The van der Waals surface area contributed by atoms with Crippen LogP contribution >= 0.6 is 11.3 Å². The van der Waals surface area contributed by atoms with E-state index in [1.54, 1.807) is 11.3 Å². The third kappa shape index (κ3) is 4.74. The molecular formula is C15H23N3O3S. The van der Waals surface area contributed by atoms with Crippen molar-refractivity contribution in [3.8, 4) is 0 Å². The van der Waals surface area contributed by atoms with Crippen molar-refractivity contribution in [3.05, 3.63) is 16.1 Å². The Balaban J connectivity index is 1.41. The first-order valence-corrected chi connectivity index (χ1v) is 8.79. The number of amides is 1. The fourth-order valence-corrected chi connectivity index (χ4v) is 3.55. The molecule has 0 saturated carbocycles. The minimum atomic E-state index is 0.0266. The standard InChI is InChI=1S/C15H23N3O3S/c19-14(16-9-13-2-1-5-21-13)8-12-11-22-15(17-12)10-18-3-6-20-7-4-18/h11,13H,1-10H2,(H,16,19). The van der Waals surface area contributed by atoms with E-state index in [9.17, 15) is 4.79 Å². The molecule has 2 saturated heterocycles. The number of carbonyl (C=O) groups is 1. The molecule has 0 bridgehead atoms. The third-order valence-corrected chi connectivity index (χ3v) is 4.84. The average Bonchev–Trinajstić information content (AvgIpc) is 3.18. The van der Waals surface area contributed by atoms with Crippen molar-refractivity contribution in [3.63, 3.8) is 0 Å². The first kappa shape index (κ1) is 15.9. The van der Waals surface area contributed by atoms with Crippen LogP contribution in [0.1, 0.15) is 23.5 Å². The lowest BCUT2D eigenvalue weighted by Gasteiger charge is -2.25. The van der Waals surface area contributed by atoms with E-state index < -0.39 is 0 Å². The lowest BCUT2D eigenvalue weighted by atomic mass is 10.2. The molecule has 122 valence electrons. The summed E-state index contributed by atoms with van der Waals surface area (Å²) in [4.78, 5) is 18.8. The largest absolute Gasteiger partial charge is 0.379 e. The van der Waals surface area contributed by atoms with Crippen LogP contribution in [-0.4, -0.2) is 61.3 Å². The molecule has 3 rings (SSSR count). The lowest BCUT2D eigenvalue weighted by Crippen LogP contribution is -2.35. The van der Waals surface area contributed by atoms with Gasteiger partial charge >= 0.3 is 0 Å². The normalized spacial score (nSPS) is 22.8. The number of morpholine rings is 1. The van der Waals surface area contributed by atoms with Gasteiger partial charge in [0.1, 0.15) is 5.01 Å². The Labute approximate surface area is 134 Å². The van der Waals surface area contributed by atoms with Gasteiger partial charge in [-0.15, -0.1) is 11.3 Å². The summed E-state index contributed by atoms with van der Waals surface area (Å²) in [6, 6.07) is 0. The number of nitrogens with zero attached hydrogens (tertiary/aromatic N) is 2. The summed E-state index contributed by atoms with van der Waals surface area (Å²) in [5, 5.41) is 6.00. The monoisotopic (exact) mass is 325 g/mol. The highest BCUT2D eigenvalue weighted by atomic mass is 32.1. The maximum absolute atomic E-state index is 11.9. The third-order valence-electron chi connectivity index (χ3n) is 3.95. The van der Waals surface area contributed by atoms with E-state index in [1.807, 2.05) is 5.38 Å². The topological polar surface area (TPSA) is 63.7 Å². The SMILES string of the molecule is O=C(Cc1csc(CN2CCOCC2)n1)NCC1CCCO1. The van der Waals surface area contributed by atoms with Crippen LogP contribution in [0, 0.1) is 0 Å². The minimum Gasteiger partial charge on any atom is -0.379 e. The zero-order chi connectivity index (χ0) is 15.2. The van der Waals surface area contributed by atoms with Crippen LogP contribution in [0.5, 0.6) is 0 Å². The second-order valence-corrected chi connectivity index (χ2v) is 6.68. The molecule has 1 amide bonds. The maximum Gasteiger partial charge on any atom is 0.226 e. The number of nitrogens with one attached hydrogen (secondary N) is 1. The van der Waals surface area contributed by atoms with E-state index in [0.29, 0.717) is 13.0 Å². The molecule has 1 atom stereocenters. The molecule has 7 heteroatoms. The summed E-state index contributed by atoms with van der Waals surface area (Å²) in [6.45, 7) is 5.79. The highest BCUT2D eigenvalue weighted by Crippen LogP contribution is 2.14. The van der Waals surface area contributed by atoms with E-state index in [1.165, 1.54) is 0 Å². The molecule has 0 spiro atoms. The molecule has 1 aromatic rings. The van der Waals surface area contributed by atoms with Crippen LogP contribution in [-0.2, 0) is 27.2 Å². The molecule has 3 heterocycles. The van der Waals surface area contributed by atoms with E-state index in [4.69, 9.17) is 9.47 Å². The van der Waals surface area contributed by atoms with Gasteiger partial charge in [-0.1, -0.05) is 0 Å². The Kier molecular flexibility index (Phi) is 5.77. The predicted octanol–water partition coefficient (Wildman–Crippen LogP) is 0.813. The van der Waals surface area contributed by atoms with Crippen molar-refractivity contribution in [1.29, 1.82) is 0 Å². The zero-order valence-electron chi connectivity index (χ0n) is 12.8. The Morgan fingerprint density at radius 2 is 2.27 bits per heavy atom. The maximum atomic E-state index is 11.9. The Morgan fingerprint density at radius 3 is 3.05 bits per heavy atom. The zero-order valence-corrected chi connectivity index (χ0v) is 13.6. The first-order valence-electron chi connectivity index (χ1n) is 7.91. The number of hydrogen-bond donors (Lipinski definition) is 1. The van der Waals surface area contributed by atoms with E-state index in [0.717, 1.165) is 63.0 Å². The molecule has 0 radical (unpaired) electrons. The number of thiazole rings is 1. The van der Waals surface area contributed by atoms with E-state index in [2.05, 4.69) is 15.2 Å². The molecule has 6 nitrogen and oxygen atoms in total. The van der Waals surface area contributed by atoms with Gasteiger partial charge in [-0.3, -0.25) is 9.69 Å². The summed E-state index contributed by atoms with van der Waals surface area (Å²) in [5.41, 5.74) is 0.859. The Bertz CT molecular complexity index is 482. The van der Waals surface area contributed by atoms with Crippen molar-refractivity contribution in [2.24, 2.45) is 0 Å². The van der Waals surface area contributed by atoms with E-state index in [-0.39, 0.29) is 12.0 Å². The second-order valence-electron chi connectivity index (χ2n) is 5.74. The number of rotatable bonds is 6. The molecule has 1 N–H and O–H groups in total. The van der Waals surface area contributed by atoms with Crippen LogP contribution in [0.25, 0.3) is 0 Å². The van der Waals surface area contributed by atoms with Crippen molar-refractivity contribution in [2.75, 3.05) is 39.5 Å². The fraction of sp³-hybridized carbons (Fsp3) is 0.733. The number of carbonyl (C=O) groups excluding carboxylic acids is 1. The highest BCUT2D eigenvalue weighted by Gasteiger charge is 2.17. The summed E-state index contributed by atoms with van der Waals surface area (Å²) in [6.07, 6.45) is 2.68. The lowest BCUT2D eigenvalue weighted by molar-refractivity contribution is -0.121. The fourth-order valence-electron chi connectivity index (χ4n) is 2.71. The predicted molar refractivity (Wildman–Crippen MR) is 83.9 cm³/mol. The minimum absolute atomic E-state index is 0.0266. The second kappa shape index (κ2) is 8.01. The van der Waals surface area contributed by atoms with Crippen molar-refractivity contribution in [2.45, 2.75) is 31.9 Å². The molecule has 0 aromatic carbocycles.